The van der Waals surface area contributed by atoms with E-state index in [-0.39, 0.29) is 5.92 Å². The van der Waals surface area contributed by atoms with Crippen LogP contribution in [0.2, 0.25) is 0 Å². The number of thiol groups is 1. The van der Waals surface area contributed by atoms with E-state index in [1.54, 1.807) is 24.3 Å². The first-order valence-electron chi connectivity index (χ1n) is 9.55. The molecule has 1 aliphatic heterocycles. The maximum atomic E-state index is 12.6. The molecule has 2 aromatic rings. The van der Waals surface area contributed by atoms with Crippen LogP contribution in [-0.2, 0) is 21.8 Å². The first kappa shape index (κ1) is 22.5. The SMILES string of the molecule is O=[SH](=O)NCCC1CCOCC1COc1ccc(-c2ccc(C(F)(F)F)cn2)cc1. The molecule has 0 radical (unpaired) electrons. The summed E-state index contributed by atoms with van der Waals surface area (Å²) in [6, 6.07) is 9.33. The number of alkyl halides is 3. The molecule has 3 rings (SSSR count). The van der Waals surface area contributed by atoms with Gasteiger partial charge in [-0.2, -0.15) is 13.2 Å². The fraction of sp³-hybridized carbons (Fsp3) is 0.450. The highest BCUT2D eigenvalue weighted by atomic mass is 32.2. The Labute approximate surface area is 174 Å². The second-order valence-electron chi connectivity index (χ2n) is 7.10. The van der Waals surface area contributed by atoms with E-state index in [1.165, 1.54) is 6.07 Å². The molecule has 10 heteroatoms. The predicted octanol–water partition coefficient (Wildman–Crippen LogP) is 3.31. The third kappa shape index (κ3) is 6.41. The first-order valence-corrected chi connectivity index (χ1v) is 10.7. The van der Waals surface area contributed by atoms with E-state index in [2.05, 4.69) is 9.71 Å². The van der Waals surface area contributed by atoms with Crippen molar-refractivity contribution in [2.45, 2.75) is 19.0 Å². The van der Waals surface area contributed by atoms with Crippen LogP contribution in [0.25, 0.3) is 11.3 Å². The zero-order valence-electron chi connectivity index (χ0n) is 16.1. The molecule has 1 aromatic carbocycles. The van der Waals surface area contributed by atoms with Crippen LogP contribution in [-0.4, -0.2) is 39.8 Å². The van der Waals surface area contributed by atoms with Gasteiger partial charge in [0.2, 0.25) is 10.9 Å². The summed E-state index contributed by atoms with van der Waals surface area (Å²) >= 11 is 0. The number of aromatic nitrogens is 1. The third-order valence-corrected chi connectivity index (χ3v) is 5.57. The van der Waals surface area contributed by atoms with E-state index < -0.39 is 22.6 Å². The number of nitrogens with one attached hydrogen (secondary N) is 1. The van der Waals surface area contributed by atoms with Crippen molar-refractivity contribution in [1.29, 1.82) is 0 Å². The van der Waals surface area contributed by atoms with Gasteiger partial charge in [-0.1, -0.05) is 0 Å². The monoisotopic (exact) mass is 444 g/mol. The van der Waals surface area contributed by atoms with E-state index in [1.807, 2.05) is 0 Å². The lowest BCUT2D eigenvalue weighted by atomic mass is 9.86. The Morgan fingerprint density at radius 1 is 1.13 bits per heavy atom. The maximum Gasteiger partial charge on any atom is 0.417 e. The Hall–Kier alpha value is -2.17. The molecule has 164 valence electrons. The molecule has 0 amide bonds. The highest BCUT2D eigenvalue weighted by Crippen LogP contribution is 2.30. The van der Waals surface area contributed by atoms with Gasteiger partial charge in [0, 0.05) is 30.8 Å². The fourth-order valence-corrected chi connectivity index (χ4v) is 3.72. The van der Waals surface area contributed by atoms with Crippen molar-refractivity contribution < 1.29 is 31.1 Å². The zero-order chi connectivity index (χ0) is 21.6. The van der Waals surface area contributed by atoms with Crippen molar-refractivity contribution in [2.75, 3.05) is 26.4 Å². The van der Waals surface area contributed by atoms with E-state index in [0.717, 1.165) is 25.1 Å². The molecule has 0 bridgehead atoms. The van der Waals surface area contributed by atoms with Crippen LogP contribution in [0.15, 0.2) is 42.6 Å². The summed E-state index contributed by atoms with van der Waals surface area (Å²) in [5.74, 6) is 1.09. The molecule has 1 fully saturated rings. The predicted molar refractivity (Wildman–Crippen MR) is 106 cm³/mol. The summed E-state index contributed by atoms with van der Waals surface area (Å²) in [6.07, 6.45) is -2.02. The van der Waals surface area contributed by atoms with Gasteiger partial charge in [0.25, 0.3) is 0 Å². The number of benzene rings is 1. The molecule has 2 atom stereocenters. The first-order chi connectivity index (χ1) is 14.3. The van der Waals surface area contributed by atoms with Crippen LogP contribution in [0.5, 0.6) is 5.75 Å². The van der Waals surface area contributed by atoms with Gasteiger partial charge in [-0.3, -0.25) is 4.98 Å². The number of hydrogen-bond acceptors (Lipinski definition) is 5. The molecule has 1 aliphatic rings. The van der Waals surface area contributed by atoms with Crippen molar-refractivity contribution >= 4 is 10.9 Å². The Balaban J connectivity index is 1.56. The molecule has 1 aromatic heterocycles. The Morgan fingerprint density at radius 2 is 1.90 bits per heavy atom. The van der Waals surface area contributed by atoms with Crippen molar-refractivity contribution in [3.05, 3.63) is 48.2 Å². The molecule has 6 nitrogen and oxygen atoms in total. The minimum atomic E-state index is -4.41. The molecular weight excluding hydrogens is 421 g/mol. The Bertz CT molecular complexity index is 878. The number of rotatable bonds is 8. The van der Waals surface area contributed by atoms with Crippen LogP contribution in [0, 0.1) is 11.8 Å². The van der Waals surface area contributed by atoms with E-state index in [9.17, 15) is 21.6 Å². The van der Waals surface area contributed by atoms with Crippen LogP contribution in [0.4, 0.5) is 13.2 Å². The maximum absolute atomic E-state index is 12.6. The van der Waals surface area contributed by atoms with Crippen LogP contribution in [0.1, 0.15) is 18.4 Å². The number of ether oxygens (including phenoxy) is 2. The smallest absolute Gasteiger partial charge is 0.417 e. The molecule has 0 saturated carbocycles. The quantitative estimate of drug-likeness (QED) is 0.611. The van der Waals surface area contributed by atoms with Gasteiger partial charge >= 0.3 is 6.18 Å². The highest BCUT2D eigenvalue weighted by Gasteiger charge is 2.30. The van der Waals surface area contributed by atoms with Crippen molar-refractivity contribution in [2.24, 2.45) is 11.8 Å². The highest BCUT2D eigenvalue weighted by molar-refractivity contribution is 7.70. The van der Waals surface area contributed by atoms with Gasteiger partial charge < -0.3 is 9.47 Å². The second-order valence-corrected chi connectivity index (χ2v) is 7.93. The van der Waals surface area contributed by atoms with E-state index >= 15 is 0 Å². The summed E-state index contributed by atoms with van der Waals surface area (Å²) in [5.41, 5.74) is 0.347. The van der Waals surface area contributed by atoms with Crippen molar-refractivity contribution in [3.63, 3.8) is 0 Å². The summed E-state index contributed by atoms with van der Waals surface area (Å²) in [4.78, 5) is 3.89. The van der Waals surface area contributed by atoms with Gasteiger partial charge in [0.05, 0.1) is 24.5 Å². The van der Waals surface area contributed by atoms with E-state index in [4.69, 9.17) is 9.47 Å². The van der Waals surface area contributed by atoms with Gasteiger partial charge in [-0.05, 0) is 55.2 Å². The number of pyridine rings is 1. The third-order valence-electron chi connectivity index (χ3n) is 5.09. The second kappa shape index (κ2) is 10.2. The molecular formula is C20H23F3N2O4S. The summed E-state index contributed by atoms with van der Waals surface area (Å²) in [6.45, 7) is 2.04. The standard InChI is InChI=1S/C20H23F3N2O4S/c21-20(22,23)17-3-6-19(24-11-17)15-1-4-18(5-2-15)29-13-16-12-28-10-8-14(16)7-9-25-30(26)27/h1-6,11,14,16,30H,7-10,12-13H2,(H,25,26,27). The van der Waals surface area contributed by atoms with Crippen LogP contribution >= 0.6 is 0 Å². The molecule has 2 heterocycles. The van der Waals surface area contributed by atoms with Gasteiger partial charge in [-0.25, -0.2) is 13.1 Å². The lowest BCUT2D eigenvalue weighted by Gasteiger charge is -2.31. The van der Waals surface area contributed by atoms with Gasteiger partial charge in [-0.15, -0.1) is 0 Å². The minimum Gasteiger partial charge on any atom is -0.493 e. The van der Waals surface area contributed by atoms with Crippen molar-refractivity contribution in [1.82, 2.24) is 9.71 Å². The summed E-state index contributed by atoms with van der Waals surface area (Å²) in [5, 5.41) is 0. The number of halogens is 3. The van der Waals surface area contributed by atoms with Crippen LogP contribution < -0.4 is 9.46 Å². The lowest BCUT2D eigenvalue weighted by molar-refractivity contribution is -0.137. The number of nitrogens with zero attached hydrogens (tertiary/aromatic N) is 1. The normalized spacial score (nSPS) is 19.7. The van der Waals surface area contributed by atoms with E-state index in [0.29, 0.717) is 49.3 Å². The topological polar surface area (TPSA) is 77.5 Å². The molecule has 2 unspecified atom stereocenters. The molecule has 1 N–H and O–H groups in total. The summed E-state index contributed by atoms with van der Waals surface area (Å²) < 4.78 is 73.1. The lowest BCUT2D eigenvalue weighted by Crippen LogP contribution is -2.33. The average Bonchev–Trinajstić information content (AvgIpc) is 2.73. The Kier molecular flexibility index (Phi) is 7.68. The largest absolute Gasteiger partial charge is 0.493 e. The van der Waals surface area contributed by atoms with Gasteiger partial charge in [0.1, 0.15) is 5.75 Å². The molecule has 0 aliphatic carbocycles. The molecule has 1 saturated heterocycles. The molecule has 30 heavy (non-hydrogen) atoms. The number of hydrogen-bond donors (Lipinski definition) is 2. The molecule has 0 spiro atoms. The van der Waals surface area contributed by atoms with Crippen LogP contribution in [0.3, 0.4) is 0 Å². The van der Waals surface area contributed by atoms with Gasteiger partial charge in [0.15, 0.2) is 0 Å². The fourth-order valence-electron chi connectivity index (χ4n) is 3.40. The van der Waals surface area contributed by atoms with Crippen molar-refractivity contribution in [3.8, 4) is 17.0 Å². The minimum absolute atomic E-state index is 0.154. The Morgan fingerprint density at radius 3 is 2.53 bits per heavy atom. The average molecular weight is 444 g/mol. The summed E-state index contributed by atoms with van der Waals surface area (Å²) in [7, 11) is -2.59. The zero-order valence-corrected chi connectivity index (χ0v) is 17.0.